The third-order valence-electron chi connectivity index (χ3n) is 3.59. The minimum absolute atomic E-state index is 0.0117. The molecule has 1 saturated carbocycles. The quantitative estimate of drug-likeness (QED) is 0.669. The number of hydrogen-bond acceptors (Lipinski definition) is 3. The third kappa shape index (κ3) is 5.19. The van der Waals surface area contributed by atoms with Gasteiger partial charge >= 0.3 is 0 Å². The molecular formula is C14H25N3O3. The molecule has 0 aliphatic heterocycles. The first-order chi connectivity index (χ1) is 9.41. The average Bonchev–Trinajstić information content (AvgIpc) is 2.42. The van der Waals surface area contributed by atoms with Gasteiger partial charge in [-0.05, 0) is 18.8 Å². The van der Waals surface area contributed by atoms with Crippen LogP contribution in [0.5, 0.6) is 0 Å². The summed E-state index contributed by atoms with van der Waals surface area (Å²) in [7, 11) is 0. The van der Waals surface area contributed by atoms with Gasteiger partial charge in [0.25, 0.3) is 5.91 Å². The van der Waals surface area contributed by atoms with Crippen LogP contribution in [0.1, 0.15) is 52.9 Å². The molecule has 0 aromatic heterocycles. The van der Waals surface area contributed by atoms with Crippen LogP contribution in [0.2, 0.25) is 0 Å². The summed E-state index contributed by atoms with van der Waals surface area (Å²) >= 11 is 0. The van der Waals surface area contributed by atoms with Crippen molar-refractivity contribution in [3.63, 3.8) is 0 Å². The molecule has 6 nitrogen and oxygen atoms in total. The van der Waals surface area contributed by atoms with Crippen LogP contribution in [0.3, 0.4) is 0 Å². The number of carbonyl (C=O) groups excluding carboxylic acids is 3. The minimum atomic E-state index is -0.640. The fourth-order valence-electron chi connectivity index (χ4n) is 2.42. The zero-order valence-electron chi connectivity index (χ0n) is 12.5. The lowest BCUT2D eigenvalue weighted by atomic mass is 9.89. The first-order valence-electron chi connectivity index (χ1n) is 7.28. The van der Waals surface area contributed by atoms with E-state index in [9.17, 15) is 14.4 Å². The molecule has 1 aliphatic rings. The normalized spacial score (nSPS) is 17.4. The lowest BCUT2D eigenvalue weighted by Crippen LogP contribution is -2.54. The van der Waals surface area contributed by atoms with E-state index in [-0.39, 0.29) is 29.6 Å². The molecule has 3 N–H and O–H groups in total. The van der Waals surface area contributed by atoms with Gasteiger partial charge in [0.15, 0.2) is 0 Å². The van der Waals surface area contributed by atoms with Crippen molar-refractivity contribution in [1.82, 2.24) is 16.2 Å². The van der Waals surface area contributed by atoms with Gasteiger partial charge in [-0.3, -0.25) is 25.2 Å². The highest BCUT2D eigenvalue weighted by Gasteiger charge is 2.25. The smallest absolute Gasteiger partial charge is 0.261 e. The van der Waals surface area contributed by atoms with Gasteiger partial charge in [-0.25, -0.2) is 0 Å². The van der Waals surface area contributed by atoms with E-state index < -0.39 is 6.04 Å². The first-order valence-corrected chi connectivity index (χ1v) is 7.28. The highest BCUT2D eigenvalue weighted by Crippen LogP contribution is 2.23. The maximum atomic E-state index is 12.0. The van der Waals surface area contributed by atoms with Crippen LogP contribution in [0.15, 0.2) is 0 Å². The van der Waals surface area contributed by atoms with E-state index >= 15 is 0 Å². The van der Waals surface area contributed by atoms with Crippen molar-refractivity contribution >= 4 is 17.7 Å². The van der Waals surface area contributed by atoms with Crippen molar-refractivity contribution in [3.05, 3.63) is 0 Å². The van der Waals surface area contributed by atoms with Crippen LogP contribution < -0.4 is 16.2 Å². The molecule has 3 amide bonds. The predicted octanol–water partition coefficient (Wildman–Crippen LogP) is 0.875. The van der Waals surface area contributed by atoms with Gasteiger partial charge in [0.05, 0.1) is 0 Å². The molecule has 20 heavy (non-hydrogen) atoms. The van der Waals surface area contributed by atoms with E-state index in [1.807, 2.05) is 13.8 Å². The number of rotatable bonds is 4. The second-order valence-corrected chi connectivity index (χ2v) is 5.74. The lowest BCUT2D eigenvalue weighted by Gasteiger charge is -2.23. The number of nitrogens with one attached hydrogen (secondary N) is 3. The summed E-state index contributed by atoms with van der Waals surface area (Å²) in [5.74, 6) is -0.854. The lowest BCUT2D eigenvalue weighted by molar-refractivity contribution is -0.134. The highest BCUT2D eigenvalue weighted by atomic mass is 16.2. The van der Waals surface area contributed by atoms with Crippen molar-refractivity contribution in [2.75, 3.05) is 0 Å². The fraction of sp³-hybridized carbons (Fsp3) is 0.786. The zero-order chi connectivity index (χ0) is 15.1. The van der Waals surface area contributed by atoms with Gasteiger partial charge in [0, 0.05) is 12.8 Å². The zero-order valence-corrected chi connectivity index (χ0v) is 12.5. The maximum absolute atomic E-state index is 12.0. The Balaban J connectivity index is 2.43. The van der Waals surface area contributed by atoms with Gasteiger partial charge in [0.2, 0.25) is 11.8 Å². The topological polar surface area (TPSA) is 87.3 Å². The van der Waals surface area contributed by atoms with Crippen molar-refractivity contribution < 1.29 is 14.4 Å². The Bertz CT molecular complexity index is 363. The summed E-state index contributed by atoms with van der Waals surface area (Å²) in [6.07, 6.45) is 5.05. The Morgan fingerprint density at radius 3 is 2.10 bits per heavy atom. The van der Waals surface area contributed by atoms with Crippen LogP contribution in [0.25, 0.3) is 0 Å². The summed E-state index contributed by atoms with van der Waals surface area (Å²) in [5, 5.41) is 2.58. The molecular weight excluding hydrogens is 258 g/mol. The third-order valence-corrected chi connectivity index (χ3v) is 3.59. The fourth-order valence-corrected chi connectivity index (χ4v) is 2.42. The Kier molecular flexibility index (Phi) is 6.48. The molecule has 0 aromatic carbocycles. The number of carbonyl (C=O) groups is 3. The number of hydrazine groups is 1. The molecule has 0 heterocycles. The van der Waals surface area contributed by atoms with Crippen molar-refractivity contribution in [2.45, 2.75) is 58.9 Å². The van der Waals surface area contributed by atoms with E-state index in [1.54, 1.807) is 0 Å². The molecule has 6 heteroatoms. The van der Waals surface area contributed by atoms with Crippen molar-refractivity contribution in [3.8, 4) is 0 Å². The summed E-state index contributed by atoms with van der Waals surface area (Å²) < 4.78 is 0. The molecule has 0 bridgehead atoms. The molecule has 0 spiro atoms. The molecule has 1 atom stereocenters. The number of amides is 3. The van der Waals surface area contributed by atoms with Crippen LogP contribution in [0, 0.1) is 11.8 Å². The summed E-state index contributed by atoms with van der Waals surface area (Å²) in [6.45, 7) is 5.04. The van der Waals surface area contributed by atoms with Gasteiger partial charge in [-0.1, -0.05) is 33.1 Å². The molecule has 1 aliphatic carbocycles. The number of hydrogen-bond donors (Lipinski definition) is 3. The summed E-state index contributed by atoms with van der Waals surface area (Å²) in [4.78, 5) is 34.9. The van der Waals surface area contributed by atoms with Crippen molar-refractivity contribution in [2.24, 2.45) is 11.8 Å². The van der Waals surface area contributed by atoms with Gasteiger partial charge < -0.3 is 5.32 Å². The average molecular weight is 283 g/mol. The Morgan fingerprint density at radius 1 is 1.00 bits per heavy atom. The van der Waals surface area contributed by atoms with Gasteiger partial charge in [-0.15, -0.1) is 0 Å². The van der Waals surface area contributed by atoms with E-state index in [2.05, 4.69) is 16.2 Å². The standard InChI is InChI=1S/C14H25N3O3/c1-9(2)12(15-10(3)18)14(20)17-16-13(19)11-7-5-4-6-8-11/h9,11-12H,4-8H2,1-3H3,(H,15,18)(H,16,19)(H,17,20)/t12-/m1/s1. The molecule has 0 aromatic rings. The molecule has 0 unspecified atom stereocenters. The van der Waals surface area contributed by atoms with Crippen LogP contribution in [-0.4, -0.2) is 23.8 Å². The van der Waals surface area contributed by atoms with Gasteiger partial charge in [-0.2, -0.15) is 0 Å². The predicted molar refractivity (Wildman–Crippen MR) is 75.3 cm³/mol. The Hall–Kier alpha value is -1.59. The summed E-state index contributed by atoms with van der Waals surface area (Å²) in [6, 6.07) is -0.640. The second kappa shape index (κ2) is 7.87. The highest BCUT2D eigenvalue weighted by molar-refractivity contribution is 5.89. The molecule has 0 saturated heterocycles. The largest absolute Gasteiger partial charge is 0.344 e. The molecule has 1 rings (SSSR count). The molecule has 1 fully saturated rings. The van der Waals surface area contributed by atoms with E-state index in [0.717, 1.165) is 25.7 Å². The maximum Gasteiger partial charge on any atom is 0.261 e. The van der Waals surface area contributed by atoms with Crippen LogP contribution in [-0.2, 0) is 14.4 Å². The van der Waals surface area contributed by atoms with E-state index in [0.29, 0.717) is 0 Å². The minimum Gasteiger partial charge on any atom is -0.344 e. The monoisotopic (exact) mass is 283 g/mol. The Labute approximate surface area is 120 Å². The SMILES string of the molecule is CC(=O)N[C@@H](C(=O)NNC(=O)C1CCCCC1)C(C)C. The van der Waals surface area contributed by atoms with Crippen LogP contribution in [0.4, 0.5) is 0 Å². The van der Waals surface area contributed by atoms with E-state index in [4.69, 9.17) is 0 Å². The second-order valence-electron chi connectivity index (χ2n) is 5.74. The van der Waals surface area contributed by atoms with Gasteiger partial charge in [0.1, 0.15) is 6.04 Å². The van der Waals surface area contributed by atoms with Crippen molar-refractivity contribution in [1.29, 1.82) is 0 Å². The van der Waals surface area contributed by atoms with E-state index in [1.165, 1.54) is 13.3 Å². The Morgan fingerprint density at radius 2 is 1.60 bits per heavy atom. The van der Waals surface area contributed by atoms with Crippen LogP contribution >= 0.6 is 0 Å². The molecule has 0 radical (unpaired) electrons. The first kappa shape index (κ1) is 16.5. The summed E-state index contributed by atoms with van der Waals surface area (Å²) in [5.41, 5.74) is 4.88. The molecule has 114 valence electrons.